The summed E-state index contributed by atoms with van der Waals surface area (Å²) in [6.45, 7) is 2.77. The molecule has 4 nitrogen and oxygen atoms in total. The van der Waals surface area contributed by atoms with Crippen LogP contribution in [0.3, 0.4) is 0 Å². The molecule has 1 aliphatic rings. The molecule has 6 heteroatoms. The molecule has 0 spiro atoms. The second-order valence-electron chi connectivity index (χ2n) is 6.69. The number of rotatable bonds is 4. The highest BCUT2D eigenvalue weighted by molar-refractivity contribution is 7.18. The number of H-pyrrole nitrogens is 1. The van der Waals surface area contributed by atoms with Gasteiger partial charge in [-0.25, -0.2) is 4.98 Å². The van der Waals surface area contributed by atoms with Crippen LogP contribution in [0, 0.1) is 0 Å². The summed E-state index contributed by atoms with van der Waals surface area (Å²) in [5.74, 6) is 0.741. The van der Waals surface area contributed by atoms with Crippen LogP contribution in [0.25, 0.3) is 10.2 Å². The Bertz CT molecular complexity index is 978. The largest absolute Gasteiger partial charge is 0.334 e. The van der Waals surface area contributed by atoms with Gasteiger partial charge in [-0.1, -0.05) is 23.7 Å². The number of fused-ring (bicyclic) bond motifs is 3. The lowest BCUT2D eigenvalue weighted by molar-refractivity contribution is -0.708. The van der Waals surface area contributed by atoms with Crippen molar-refractivity contribution >= 4 is 33.2 Å². The smallest absolute Gasteiger partial charge is 0.260 e. The predicted octanol–water partition coefficient (Wildman–Crippen LogP) is 3.34. The number of aryl methyl sites for hydroxylation is 2. The van der Waals surface area contributed by atoms with Crippen LogP contribution in [-0.2, 0) is 19.4 Å². The van der Waals surface area contributed by atoms with Crippen LogP contribution < -0.4 is 10.9 Å². The summed E-state index contributed by atoms with van der Waals surface area (Å²) in [6.07, 6.45) is 4.49. The highest BCUT2D eigenvalue weighted by atomic mass is 35.5. The number of benzene rings is 1. The lowest BCUT2D eigenvalue weighted by atomic mass is 9.97. The summed E-state index contributed by atoms with van der Waals surface area (Å²) in [7, 11) is 0. The Morgan fingerprint density at radius 2 is 2.20 bits per heavy atom. The maximum atomic E-state index is 12.6. The van der Waals surface area contributed by atoms with Crippen LogP contribution in [0.2, 0.25) is 5.02 Å². The summed E-state index contributed by atoms with van der Waals surface area (Å²) in [6, 6.07) is 8.14. The van der Waals surface area contributed by atoms with E-state index in [0.29, 0.717) is 6.54 Å². The Balaban J connectivity index is 1.57. The molecular weight excluding hydrogens is 354 g/mol. The number of nitrogens with zero attached hydrogens (tertiary/aromatic N) is 1. The molecule has 0 unspecified atom stereocenters. The van der Waals surface area contributed by atoms with Gasteiger partial charge in [0.2, 0.25) is 0 Å². The number of nitrogens with two attached hydrogens (primary N) is 1. The van der Waals surface area contributed by atoms with Gasteiger partial charge in [0.25, 0.3) is 5.56 Å². The molecule has 0 amide bonds. The van der Waals surface area contributed by atoms with Gasteiger partial charge in [0.1, 0.15) is 17.4 Å². The molecule has 0 saturated heterocycles. The highest BCUT2D eigenvalue weighted by Crippen LogP contribution is 2.33. The number of quaternary nitrogens is 1. The number of aromatic amines is 1. The Hall–Kier alpha value is -1.69. The minimum atomic E-state index is 0.0169. The molecule has 0 saturated carbocycles. The number of halogens is 1. The van der Waals surface area contributed by atoms with Crippen molar-refractivity contribution in [1.82, 2.24) is 9.97 Å². The van der Waals surface area contributed by atoms with Crippen molar-refractivity contribution in [2.45, 2.75) is 45.2 Å². The first-order chi connectivity index (χ1) is 12.1. The van der Waals surface area contributed by atoms with Crippen molar-refractivity contribution in [1.29, 1.82) is 0 Å². The number of thiophene rings is 1. The zero-order valence-electron chi connectivity index (χ0n) is 14.1. The first kappa shape index (κ1) is 16.8. The van der Waals surface area contributed by atoms with Crippen LogP contribution in [-0.4, -0.2) is 9.97 Å². The van der Waals surface area contributed by atoms with Crippen molar-refractivity contribution in [3.8, 4) is 0 Å². The summed E-state index contributed by atoms with van der Waals surface area (Å²) in [5, 5.41) is 3.74. The molecule has 130 valence electrons. The van der Waals surface area contributed by atoms with Crippen LogP contribution >= 0.6 is 22.9 Å². The molecular formula is C19H21ClN3OS+. The molecule has 0 aliphatic heterocycles. The molecule has 25 heavy (non-hydrogen) atoms. The van der Waals surface area contributed by atoms with Crippen molar-refractivity contribution in [2.24, 2.45) is 0 Å². The van der Waals surface area contributed by atoms with Gasteiger partial charge in [0.15, 0.2) is 5.82 Å². The third kappa shape index (κ3) is 3.36. The first-order valence-electron chi connectivity index (χ1n) is 8.74. The Morgan fingerprint density at radius 3 is 3.04 bits per heavy atom. The Morgan fingerprint density at radius 1 is 1.36 bits per heavy atom. The summed E-state index contributed by atoms with van der Waals surface area (Å²) < 4.78 is 0. The van der Waals surface area contributed by atoms with Gasteiger partial charge in [-0.15, -0.1) is 11.3 Å². The quantitative estimate of drug-likeness (QED) is 0.735. The predicted molar refractivity (Wildman–Crippen MR) is 102 cm³/mol. The van der Waals surface area contributed by atoms with Crippen molar-refractivity contribution < 1.29 is 5.32 Å². The fourth-order valence-corrected chi connectivity index (χ4v) is 5.00. The first-order valence-corrected chi connectivity index (χ1v) is 9.93. The number of hydrogen-bond acceptors (Lipinski definition) is 3. The SMILES string of the molecule is C[C@H]([NH2+]Cc1nc2sc3c(c2c(=O)[nH]1)CCCC3)c1cccc(Cl)c1. The zero-order chi connectivity index (χ0) is 17.4. The fraction of sp³-hybridized carbons (Fsp3) is 0.368. The maximum Gasteiger partial charge on any atom is 0.260 e. The highest BCUT2D eigenvalue weighted by Gasteiger charge is 2.20. The molecule has 0 bridgehead atoms. The van der Waals surface area contributed by atoms with Gasteiger partial charge in [0, 0.05) is 15.5 Å². The van der Waals surface area contributed by atoms with Crippen LogP contribution in [0.15, 0.2) is 29.1 Å². The van der Waals surface area contributed by atoms with Crippen molar-refractivity contribution in [3.05, 3.63) is 61.5 Å². The summed E-state index contributed by atoms with van der Waals surface area (Å²) in [5.41, 5.74) is 2.42. The van der Waals surface area contributed by atoms with E-state index in [-0.39, 0.29) is 11.6 Å². The molecule has 1 aliphatic carbocycles. The lowest BCUT2D eigenvalue weighted by Crippen LogP contribution is -2.83. The van der Waals surface area contributed by atoms with Gasteiger partial charge >= 0.3 is 0 Å². The molecule has 4 rings (SSSR count). The second-order valence-corrected chi connectivity index (χ2v) is 8.21. The van der Waals surface area contributed by atoms with Gasteiger partial charge in [0.05, 0.1) is 5.39 Å². The zero-order valence-corrected chi connectivity index (χ0v) is 15.7. The molecule has 1 aromatic carbocycles. The van der Waals surface area contributed by atoms with E-state index in [1.54, 1.807) is 11.3 Å². The van der Waals surface area contributed by atoms with Gasteiger partial charge in [-0.3, -0.25) is 4.79 Å². The number of aromatic nitrogens is 2. The maximum absolute atomic E-state index is 12.6. The molecule has 1 atom stereocenters. The average Bonchev–Trinajstić information content (AvgIpc) is 2.98. The van der Waals surface area contributed by atoms with E-state index in [0.717, 1.165) is 33.9 Å². The third-order valence-corrected chi connectivity index (χ3v) is 6.33. The molecule has 2 heterocycles. The van der Waals surface area contributed by atoms with Crippen LogP contribution in [0.4, 0.5) is 0 Å². The summed E-state index contributed by atoms with van der Waals surface area (Å²) >= 11 is 7.77. The molecule has 0 radical (unpaired) electrons. The topological polar surface area (TPSA) is 62.4 Å². The average molecular weight is 375 g/mol. The lowest BCUT2D eigenvalue weighted by Gasteiger charge is -2.11. The Kier molecular flexibility index (Phi) is 4.63. The normalized spacial score (nSPS) is 15.3. The van der Waals surface area contributed by atoms with E-state index in [1.165, 1.54) is 28.8 Å². The number of nitrogens with one attached hydrogen (secondary N) is 1. The van der Waals surface area contributed by atoms with Gasteiger partial charge in [-0.2, -0.15) is 0 Å². The van der Waals surface area contributed by atoms with Gasteiger partial charge in [-0.05, 0) is 50.3 Å². The standard InChI is InChI=1S/C19H20ClN3OS/c1-11(12-5-4-6-13(20)9-12)21-10-16-22-18(24)17-14-7-2-3-8-15(14)25-19(17)23-16/h4-6,9,11,21H,2-3,7-8,10H2,1H3,(H,22,23,24)/p+1/t11-/m0/s1. The van der Waals surface area contributed by atoms with Crippen LogP contribution in [0.1, 0.15) is 47.6 Å². The van der Waals surface area contributed by atoms with E-state index < -0.39 is 0 Å². The van der Waals surface area contributed by atoms with E-state index in [1.807, 2.05) is 18.2 Å². The third-order valence-electron chi connectivity index (χ3n) is 4.91. The molecule has 3 N–H and O–H groups in total. The minimum Gasteiger partial charge on any atom is -0.334 e. The van der Waals surface area contributed by atoms with Crippen molar-refractivity contribution in [2.75, 3.05) is 0 Å². The minimum absolute atomic E-state index is 0.0169. The molecule has 3 aromatic rings. The monoisotopic (exact) mass is 374 g/mol. The molecule has 2 aromatic heterocycles. The van der Waals surface area contributed by atoms with E-state index in [2.05, 4.69) is 23.3 Å². The van der Waals surface area contributed by atoms with Gasteiger partial charge < -0.3 is 10.3 Å². The van der Waals surface area contributed by atoms with Crippen molar-refractivity contribution in [3.63, 3.8) is 0 Å². The fourth-order valence-electron chi connectivity index (χ4n) is 3.52. The van der Waals surface area contributed by atoms with E-state index >= 15 is 0 Å². The van der Waals surface area contributed by atoms with Crippen LogP contribution in [0.5, 0.6) is 0 Å². The summed E-state index contributed by atoms with van der Waals surface area (Å²) in [4.78, 5) is 22.5. The molecule has 0 fully saturated rings. The Labute approximate surface area is 155 Å². The second kappa shape index (κ2) is 6.90. The van der Waals surface area contributed by atoms with E-state index in [9.17, 15) is 4.79 Å². The number of hydrogen-bond donors (Lipinski definition) is 2. The van der Waals surface area contributed by atoms with E-state index in [4.69, 9.17) is 16.6 Å².